The van der Waals surface area contributed by atoms with Crippen LogP contribution in [0.2, 0.25) is 0 Å². The molecular formula is C34H36N2O5. The molecule has 2 amide bonds. The molecule has 2 heterocycles. The van der Waals surface area contributed by atoms with E-state index in [1.54, 1.807) is 42.6 Å². The molecule has 3 aromatic rings. The number of hydrogen-bond acceptors (Lipinski definition) is 6. The first kappa shape index (κ1) is 28.5. The Morgan fingerprint density at radius 2 is 1.76 bits per heavy atom. The predicted molar refractivity (Wildman–Crippen MR) is 158 cm³/mol. The fourth-order valence-corrected chi connectivity index (χ4v) is 6.40. The Morgan fingerprint density at radius 3 is 2.44 bits per heavy atom. The molecule has 212 valence electrons. The summed E-state index contributed by atoms with van der Waals surface area (Å²) in [5.74, 6) is -2.32. The molecule has 3 N–H and O–H groups in total. The number of imide groups is 1. The smallest absolute Gasteiger partial charge is 0.238 e. The number of amides is 2. The Balaban J connectivity index is 1.45. The van der Waals surface area contributed by atoms with Crippen LogP contribution < -0.4 is 4.90 Å². The maximum Gasteiger partial charge on any atom is 0.238 e. The van der Waals surface area contributed by atoms with E-state index in [1.807, 2.05) is 49.4 Å². The number of nitrogens with zero attached hydrogens (tertiary/aromatic N) is 2. The van der Waals surface area contributed by atoms with E-state index < -0.39 is 23.9 Å². The minimum atomic E-state index is -0.917. The highest BCUT2D eigenvalue weighted by Crippen LogP contribution is 2.48. The highest BCUT2D eigenvalue weighted by Gasteiger charge is 2.55. The lowest BCUT2D eigenvalue weighted by Crippen LogP contribution is -2.39. The van der Waals surface area contributed by atoms with Crippen LogP contribution in [0.25, 0.3) is 11.6 Å². The van der Waals surface area contributed by atoms with Crippen molar-refractivity contribution in [1.82, 2.24) is 4.98 Å². The van der Waals surface area contributed by atoms with Gasteiger partial charge in [-0.1, -0.05) is 61.4 Å². The first-order valence-corrected chi connectivity index (χ1v) is 14.3. The number of benzene rings is 2. The minimum absolute atomic E-state index is 0.153. The van der Waals surface area contributed by atoms with E-state index in [2.05, 4.69) is 4.98 Å². The van der Waals surface area contributed by atoms with E-state index in [-0.39, 0.29) is 24.2 Å². The van der Waals surface area contributed by atoms with Gasteiger partial charge in [0.2, 0.25) is 11.8 Å². The largest absolute Gasteiger partial charge is 0.507 e. The molecule has 1 saturated heterocycles. The predicted octanol–water partition coefficient (Wildman–Crippen LogP) is 5.38. The molecular weight excluding hydrogens is 516 g/mol. The van der Waals surface area contributed by atoms with Crippen LogP contribution in [0, 0.1) is 17.8 Å². The van der Waals surface area contributed by atoms with Crippen LogP contribution in [0.5, 0.6) is 5.75 Å². The number of pyridine rings is 1. The maximum absolute atomic E-state index is 13.7. The lowest BCUT2D eigenvalue weighted by molar-refractivity contribution is -0.123. The summed E-state index contributed by atoms with van der Waals surface area (Å²) in [5.41, 5.74) is 4.42. The Bertz CT molecular complexity index is 1450. The van der Waals surface area contributed by atoms with E-state index in [9.17, 15) is 24.9 Å². The molecule has 7 nitrogen and oxygen atoms in total. The van der Waals surface area contributed by atoms with Gasteiger partial charge in [-0.3, -0.25) is 19.5 Å². The number of phenols is 1. The van der Waals surface area contributed by atoms with Gasteiger partial charge in [-0.05, 0) is 73.2 Å². The van der Waals surface area contributed by atoms with Crippen molar-refractivity contribution in [2.75, 3.05) is 11.5 Å². The van der Waals surface area contributed by atoms with Gasteiger partial charge in [-0.15, -0.1) is 0 Å². The zero-order valence-electron chi connectivity index (χ0n) is 23.2. The number of carbonyl (C=O) groups excluding carboxylic acids is 2. The highest BCUT2D eigenvalue weighted by molar-refractivity contribution is 6.22. The standard InChI is InChI=1S/C34H36N2O5/c1-2-10-24-20-26-32(34(41)36(33(26)40)25-12-4-3-5-13-25)27(21-37)31(24)30(39)17-16-22(28-14-8-9-18-35-28)19-23-11-6-7-15-29(23)38/h3-9,11-15,18-19,26-27,30,32,37-39H,2,10,16-17,20-21H2,1H3/b22-19-/t26-,27+,30-,32-/m1/s1. The summed E-state index contributed by atoms with van der Waals surface area (Å²) in [4.78, 5) is 33.0. The Morgan fingerprint density at radius 1 is 1.02 bits per heavy atom. The second-order valence-corrected chi connectivity index (χ2v) is 10.8. The van der Waals surface area contributed by atoms with Crippen LogP contribution >= 0.6 is 0 Å². The van der Waals surface area contributed by atoms with Crippen LogP contribution in [0.4, 0.5) is 5.69 Å². The number of para-hydroxylation sites is 2. The molecule has 1 aliphatic heterocycles. The normalized spacial score (nSPS) is 21.8. The summed E-state index contributed by atoms with van der Waals surface area (Å²) in [5, 5.41) is 32.6. The molecule has 5 rings (SSSR count). The fraction of sp³-hybridized carbons (Fsp3) is 0.324. The summed E-state index contributed by atoms with van der Waals surface area (Å²) < 4.78 is 0. The molecule has 2 aliphatic rings. The van der Waals surface area contributed by atoms with Crippen molar-refractivity contribution in [3.8, 4) is 5.75 Å². The first-order valence-electron chi connectivity index (χ1n) is 14.3. The van der Waals surface area contributed by atoms with Crippen molar-refractivity contribution >= 4 is 29.2 Å². The molecule has 1 aromatic heterocycles. The van der Waals surface area contributed by atoms with E-state index >= 15 is 0 Å². The molecule has 7 heteroatoms. The van der Waals surface area contributed by atoms with Crippen LogP contribution in [-0.4, -0.2) is 44.8 Å². The molecule has 0 unspecified atom stereocenters. The molecule has 0 radical (unpaired) electrons. The van der Waals surface area contributed by atoms with Gasteiger partial charge in [-0.2, -0.15) is 0 Å². The number of aliphatic hydroxyl groups excluding tert-OH is 2. The Labute approximate surface area is 240 Å². The summed E-state index contributed by atoms with van der Waals surface area (Å²) >= 11 is 0. The Kier molecular flexibility index (Phi) is 8.76. The number of aliphatic hydroxyl groups is 2. The summed E-state index contributed by atoms with van der Waals surface area (Å²) in [6.45, 7) is 1.71. The quantitative estimate of drug-likeness (QED) is 0.230. The minimum Gasteiger partial charge on any atom is -0.507 e. The number of carbonyl (C=O) groups is 2. The average Bonchev–Trinajstić information content (AvgIpc) is 3.25. The molecule has 1 aliphatic carbocycles. The average molecular weight is 553 g/mol. The van der Waals surface area contributed by atoms with Gasteiger partial charge in [0.05, 0.1) is 35.9 Å². The third kappa shape index (κ3) is 5.73. The monoisotopic (exact) mass is 552 g/mol. The van der Waals surface area contributed by atoms with Crippen LogP contribution in [0.3, 0.4) is 0 Å². The van der Waals surface area contributed by atoms with E-state index in [0.29, 0.717) is 42.5 Å². The lowest BCUT2D eigenvalue weighted by atomic mass is 9.67. The summed E-state index contributed by atoms with van der Waals surface area (Å²) in [6.07, 6.45) is 5.34. The van der Waals surface area contributed by atoms with Crippen LogP contribution in [-0.2, 0) is 9.59 Å². The second-order valence-electron chi connectivity index (χ2n) is 10.8. The van der Waals surface area contributed by atoms with Gasteiger partial charge in [-0.25, -0.2) is 0 Å². The number of aromatic nitrogens is 1. The van der Waals surface area contributed by atoms with Gasteiger partial charge in [0.1, 0.15) is 5.75 Å². The zero-order chi connectivity index (χ0) is 28.9. The highest BCUT2D eigenvalue weighted by atomic mass is 16.3. The molecule has 0 saturated carbocycles. The molecule has 1 fully saturated rings. The topological polar surface area (TPSA) is 111 Å². The van der Waals surface area contributed by atoms with Crippen molar-refractivity contribution in [3.63, 3.8) is 0 Å². The number of aromatic hydroxyl groups is 1. The number of rotatable bonds is 10. The van der Waals surface area contributed by atoms with E-state index in [0.717, 1.165) is 23.3 Å². The van der Waals surface area contributed by atoms with Gasteiger partial charge in [0, 0.05) is 17.7 Å². The maximum atomic E-state index is 13.7. The van der Waals surface area contributed by atoms with Crippen LogP contribution in [0.1, 0.15) is 50.3 Å². The summed E-state index contributed by atoms with van der Waals surface area (Å²) in [7, 11) is 0. The first-order chi connectivity index (χ1) is 19.9. The van der Waals surface area contributed by atoms with Gasteiger partial charge in [0.25, 0.3) is 0 Å². The number of anilines is 1. The molecule has 0 bridgehead atoms. The zero-order valence-corrected chi connectivity index (χ0v) is 23.2. The van der Waals surface area contributed by atoms with E-state index in [1.165, 1.54) is 4.90 Å². The van der Waals surface area contributed by atoms with E-state index in [4.69, 9.17) is 0 Å². The van der Waals surface area contributed by atoms with Gasteiger partial charge in [0.15, 0.2) is 0 Å². The number of fused-ring (bicyclic) bond motifs is 1. The SMILES string of the molecule is CCCC1=C([C@H](O)CC/C(=C/c2ccccc2O)c2ccccn2)[C@H](CO)[C@@H]2C(=O)N(c3ccccc3)C(=O)[C@@H]2C1. The number of hydrogen-bond donors (Lipinski definition) is 3. The molecule has 0 spiro atoms. The molecule has 41 heavy (non-hydrogen) atoms. The van der Waals surface area contributed by atoms with Crippen molar-refractivity contribution in [1.29, 1.82) is 0 Å². The third-order valence-corrected chi connectivity index (χ3v) is 8.25. The van der Waals surface area contributed by atoms with Crippen molar-refractivity contribution < 1.29 is 24.9 Å². The molecule has 4 atom stereocenters. The molecule has 2 aromatic carbocycles. The van der Waals surface area contributed by atoms with Crippen molar-refractivity contribution in [3.05, 3.63) is 101 Å². The second kappa shape index (κ2) is 12.6. The lowest BCUT2D eigenvalue weighted by Gasteiger charge is -2.36. The summed E-state index contributed by atoms with van der Waals surface area (Å²) in [6, 6.07) is 21.6. The van der Waals surface area contributed by atoms with Gasteiger partial charge < -0.3 is 15.3 Å². The number of phenolic OH excluding ortho intramolecular Hbond substituents is 1. The van der Waals surface area contributed by atoms with Crippen molar-refractivity contribution in [2.24, 2.45) is 17.8 Å². The van der Waals surface area contributed by atoms with Crippen molar-refractivity contribution in [2.45, 2.75) is 45.1 Å². The Hall–Kier alpha value is -4.07. The number of allylic oxidation sites excluding steroid dienone is 2. The van der Waals surface area contributed by atoms with Gasteiger partial charge >= 0.3 is 0 Å². The third-order valence-electron chi connectivity index (χ3n) is 8.25. The fourth-order valence-electron chi connectivity index (χ4n) is 6.40. The van der Waals surface area contributed by atoms with Crippen LogP contribution in [0.15, 0.2) is 90.1 Å².